The van der Waals surface area contributed by atoms with E-state index >= 15 is 0 Å². The first-order valence-corrected chi connectivity index (χ1v) is 8.29. The van der Waals surface area contributed by atoms with Gasteiger partial charge < -0.3 is 10.6 Å². The van der Waals surface area contributed by atoms with Crippen molar-refractivity contribution in [3.05, 3.63) is 34.9 Å². The van der Waals surface area contributed by atoms with Crippen molar-refractivity contribution < 1.29 is 14.4 Å². The fraction of sp³-hybridized carbons (Fsp3) is 0.471. The lowest BCUT2D eigenvalue weighted by Gasteiger charge is -2.23. The lowest BCUT2D eigenvalue weighted by molar-refractivity contribution is -0.134. The van der Waals surface area contributed by atoms with Gasteiger partial charge in [-0.25, -0.2) is 4.79 Å². The smallest absolute Gasteiger partial charge is 0.325 e. The largest absolute Gasteiger partial charge is 0.355 e. The molecule has 0 radical (unpaired) electrons. The van der Waals surface area contributed by atoms with E-state index in [2.05, 4.69) is 24.5 Å². The third-order valence-corrected chi connectivity index (χ3v) is 4.36. The lowest BCUT2D eigenvalue weighted by Crippen LogP contribution is -2.43. The van der Waals surface area contributed by atoms with Gasteiger partial charge in [0.05, 0.1) is 0 Å². The monoisotopic (exact) mass is 351 g/mol. The Morgan fingerprint density at radius 2 is 2.00 bits per heavy atom. The Morgan fingerprint density at radius 3 is 2.62 bits per heavy atom. The van der Waals surface area contributed by atoms with Crippen molar-refractivity contribution in [1.29, 1.82) is 0 Å². The molecule has 1 fully saturated rings. The van der Waals surface area contributed by atoms with Crippen LogP contribution in [0.1, 0.15) is 32.8 Å². The van der Waals surface area contributed by atoms with Crippen LogP contribution in [-0.2, 0) is 15.1 Å². The fourth-order valence-corrected chi connectivity index (χ4v) is 2.91. The average molecular weight is 352 g/mol. The molecule has 6 nitrogen and oxygen atoms in total. The summed E-state index contributed by atoms with van der Waals surface area (Å²) < 4.78 is 0. The number of carbonyl (C=O) groups is 3. The number of benzene rings is 1. The Balaban J connectivity index is 2.09. The van der Waals surface area contributed by atoms with Gasteiger partial charge in [-0.05, 0) is 25.3 Å². The zero-order valence-electron chi connectivity index (χ0n) is 14.1. The van der Waals surface area contributed by atoms with Crippen molar-refractivity contribution in [2.75, 3.05) is 13.1 Å². The van der Waals surface area contributed by atoms with Crippen LogP contribution in [0.3, 0.4) is 0 Å². The van der Waals surface area contributed by atoms with Crippen LogP contribution in [0.15, 0.2) is 24.3 Å². The number of nitrogens with zero attached hydrogens (tertiary/aromatic N) is 1. The van der Waals surface area contributed by atoms with Gasteiger partial charge in [-0.3, -0.25) is 14.5 Å². The van der Waals surface area contributed by atoms with Gasteiger partial charge in [-0.2, -0.15) is 0 Å². The van der Waals surface area contributed by atoms with Crippen molar-refractivity contribution in [3.8, 4) is 0 Å². The van der Waals surface area contributed by atoms with E-state index < -0.39 is 17.5 Å². The molecule has 0 aliphatic carbocycles. The molecule has 130 valence electrons. The van der Waals surface area contributed by atoms with Crippen LogP contribution < -0.4 is 10.6 Å². The quantitative estimate of drug-likeness (QED) is 0.772. The second-order valence-electron chi connectivity index (χ2n) is 6.46. The molecular formula is C17H22ClN3O3. The molecule has 1 heterocycles. The van der Waals surface area contributed by atoms with Crippen molar-refractivity contribution in [2.24, 2.45) is 5.92 Å². The molecular weight excluding hydrogens is 330 g/mol. The van der Waals surface area contributed by atoms with E-state index in [9.17, 15) is 14.4 Å². The van der Waals surface area contributed by atoms with Crippen molar-refractivity contribution >= 4 is 29.4 Å². The summed E-state index contributed by atoms with van der Waals surface area (Å²) in [5.41, 5.74) is -0.763. The summed E-state index contributed by atoms with van der Waals surface area (Å²) in [6, 6.07) is 6.24. The molecule has 1 atom stereocenters. The van der Waals surface area contributed by atoms with Crippen LogP contribution >= 0.6 is 11.6 Å². The van der Waals surface area contributed by atoms with Crippen LogP contribution in [0, 0.1) is 5.92 Å². The molecule has 1 aromatic carbocycles. The predicted octanol–water partition coefficient (Wildman–Crippen LogP) is 2.27. The minimum absolute atomic E-state index is 0.303. The number of nitrogens with one attached hydrogen (secondary N) is 2. The highest BCUT2D eigenvalue weighted by molar-refractivity contribution is 6.32. The Bertz CT molecular complexity index is 662. The van der Waals surface area contributed by atoms with E-state index in [4.69, 9.17) is 11.6 Å². The minimum Gasteiger partial charge on any atom is -0.355 e. The van der Waals surface area contributed by atoms with Gasteiger partial charge in [0.25, 0.3) is 5.91 Å². The summed E-state index contributed by atoms with van der Waals surface area (Å²) in [7, 11) is 0. The third-order valence-electron chi connectivity index (χ3n) is 4.03. The van der Waals surface area contributed by atoms with Gasteiger partial charge in [0.1, 0.15) is 12.1 Å². The number of amides is 4. The molecule has 2 rings (SSSR count). The standard InChI is InChI=1S/C17H22ClN3O3/c1-11(2)8-9-19-14(22)10-21-15(23)17(3,20-16(21)24)12-6-4-5-7-13(12)18/h4-7,11H,8-10H2,1-3H3,(H,19,22)(H,20,24). The molecule has 1 saturated heterocycles. The molecule has 4 amide bonds. The second-order valence-corrected chi connectivity index (χ2v) is 6.87. The van der Waals surface area contributed by atoms with E-state index in [1.165, 1.54) is 0 Å². The summed E-state index contributed by atoms with van der Waals surface area (Å²) in [6.45, 7) is 5.91. The molecule has 0 aromatic heterocycles. The Morgan fingerprint density at radius 1 is 1.33 bits per heavy atom. The summed E-state index contributed by atoms with van der Waals surface area (Å²) in [4.78, 5) is 37.8. The second kappa shape index (κ2) is 7.21. The summed E-state index contributed by atoms with van der Waals surface area (Å²) in [5, 5.41) is 5.75. The first kappa shape index (κ1) is 18.3. The van der Waals surface area contributed by atoms with Gasteiger partial charge in [-0.15, -0.1) is 0 Å². The Labute approximate surface area is 146 Å². The van der Waals surface area contributed by atoms with E-state index in [-0.39, 0.29) is 12.5 Å². The highest BCUT2D eigenvalue weighted by atomic mass is 35.5. The minimum atomic E-state index is -1.27. The van der Waals surface area contributed by atoms with E-state index in [0.29, 0.717) is 23.0 Å². The van der Waals surface area contributed by atoms with Gasteiger partial charge in [-0.1, -0.05) is 43.6 Å². The molecule has 0 bridgehead atoms. The lowest BCUT2D eigenvalue weighted by atomic mass is 9.92. The molecule has 7 heteroatoms. The average Bonchev–Trinajstić information content (AvgIpc) is 2.71. The maximum absolute atomic E-state index is 12.7. The van der Waals surface area contributed by atoms with Gasteiger partial charge in [0.15, 0.2) is 0 Å². The van der Waals surface area contributed by atoms with E-state index in [1.807, 2.05) is 0 Å². The van der Waals surface area contributed by atoms with Crippen molar-refractivity contribution in [2.45, 2.75) is 32.7 Å². The summed E-state index contributed by atoms with van der Waals surface area (Å²) in [6.07, 6.45) is 0.837. The van der Waals surface area contributed by atoms with Crippen LogP contribution in [0.5, 0.6) is 0 Å². The summed E-state index contributed by atoms with van der Waals surface area (Å²) in [5.74, 6) is -0.382. The molecule has 1 aromatic rings. The first-order chi connectivity index (χ1) is 11.3. The van der Waals surface area contributed by atoms with Crippen LogP contribution in [0.2, 0.25) is 5.02 Å². The highest BCUT2D eigenvalue weighted by Crippen LogP contribution is 2.33. The fourth-order valence-electron chi connectivity index (χ4n) is 2.59. The zero-order valence-corrected chi connectivity index (χ0v) is 14.8. The van der Waals surface area contributed by atoms with Gasteiger partial charge in [0, 0.05) is 17.1 Å². The van der Waals surface area contributed by atoms with Crippen molar-refractivity contribution in [1.82, 2.24) is 15.5 Å². The highest BCUT2D eigenvalue weighted by Gasteiger charge is 2.50. The number of hydrogen-bond acceptors (Lipinski definition) is 3. The normalized spacial score (nSPS) is 20.5. The molecule has 2 N–H and O–H groups in total. The Kier molecular flexibility index (Phi) is 5.49. The van der Waals surface area contributed by atoms with Crippen molar-refractivity contribution in [3.63, 3.8) is 0 Å². The number of rotatable bonds is 6. The number of carbonyl (C=O) groups excluding carboxylic acids is 3. The van der Waals surface area contributed by atoms with Gasteiger partial charge >= 0.3 is 6.03 Å². The van der Waals surface area contributed by atoms with Crippen LogP contribution in [0.25, 0.3) is 0 Å². The van der Waals surface area contributed by atoms with Gasteiger partial charge in [0.2, 0.25) is 5.91 Å². The SMILES string of the molecule is CC(C)CCNC(=O)CN1C(=O)NC(C)(c2ccccc2Cl)C1=O. The number of halogens is 1. The number of hydrogen-bond donors (Lipinski definition) is 2. The number of urea groups is 1. The van der Waals surface area contributed by atoms with E-state index in [0.717, 1.165) is 11.3 Å². The number of imide groups is 1. The topological polar surface area (TPSA) is 78.5 Å². The Hall–Kier alpha value is -2.08. The molecule has 24 heavy (non-hydrogen) atoms. The maximum Gasteiger partial charge on any atom is 0.325 e. The molecule has 0 saturated carbocycles. The predicted molar refractivity (Wildman–Crippen MR) is 91.5 cm³/mol. The summed E-state index contributed by atoms with van der Waals surface area (Å²) >= 11 is 6.16. The third kappa shape index (κ3) is 3.70. The first-order valence-electron chi connectivity index (χ1n) is 7.91. The van der Waals surface area contributed by atoms with Crippen LogP contribution in [0.4, 0.5) is 4.79 Å². The molecule has 1 aliphatic heterocycles. The molecule has 1 unspecified atom stereocenters. The molecule has 1 aliphatic rings. The molecule has 0 spiro atoms. The van der Waals surface area contributed by atoms with Crippen LogP contribution in [-0.4, -0.2) is 35.8 Å². The maximum atomic E-state index is 12.7. The zero-order chi connectivity index (χ0) is 17.9. The van der Waals surface area contributed by atoms with E-state index in [1.54, 1.807) is 31.2 Å².